The SMILES string of the molecule is CC1(C)[C@H]2CCC1(CN1CCCC1=O)c1nnc(-c3c(F)cccc3F)cc12. The van der Waals surface area contributed by atoms with Crippen LogP contribution in [0, 0.1) is 17.0 Å². The summed E-state index contributed by atoms with van der Waals surface area (Å²) >= 11 is 0. The van der Waals surface area contributed by atoms with E-state index in [1.165, 1.54) is 18.2 Å². The van der Waals surface area contributed by atoms with Crippen LogP contribution in [0.3, 0.4) is 0 Å². The highest BCUT2D eigenvalue weighted by atomic mass is 19.1. The van der Waals surface area contributed by atoms with Gasteiger partial charge in [-0.05, 0) is 54.4 Å². The number of hydrogen-bond donors (Lipinski definition) is 0. The van der Waals surface area contributed by atoms with Crippen LogP contribution >= 0.6 is 0 Å². The highest BCUT2D eigenvalue weighted by molar-refractivity contribution is 5.78. The lowest BCUT2D eigenvalue weighted by Gasteiger charge is -2.40. The smallest absolute Gasteiger partial charge is 0.222 e. The van der Waals surface area contributed by atoms with Crippen molar-refractivity contribution in [3.05, 3.63) is 47.2 Å². The number of halogens is 2. The first-order chi connectivity index (χ1) is 13.3. The summed E-state index contributed by atoms with van der Waals surface area (Å²) in [7, 11) is 0. The number of carbonyl (C=O) groups excluding carboxylic acids is 1. The van der Waals surface area contributed by atoms with E-state index in [9.17, 15) is 13.6 Å². The van der Waals surface area contributed by atoms with Gasteiger partial charge < -0.3 is 4.90 Å². The maximum absolute atomic E-state index is 14.3. The predicted molar refractivity (Wildman–Crippen MR) is 101 cm³/mol. The Morgan fingerprint density at radius 2 is 1.96 bits per heavy atom. The van der Waals surface area contributed by atoms with Crippen LogP contribution in [0.25, 0.3) is 11.3 Å². The number of likely N-dealkylation sites (tertiary alicyclic amines) is 1. The number of nitrogens with zero attached hydrogens (tertiary/aromatic N) is 3. The Balaban J connectivity index is 1.62. The average Bonchev–Trinajstić information content (AvgIpc) is 3.22. The Bertz CT molecular complexity index is 969. The number of aromatic nitrogens is 2. The summed E-state index contributed by atoms with van der Waals surface area (Å²) < 4.78 is 28.5. The maximum atomic E-state index is 14.3. The molecule has 2 heterocycles. The molecule has 28 heavy (non-hydrogen) atoms. The molecule has 1 saturated carbocycles. The highest BCUT2D eigenvalue weighted by Crippen LogP contribution is 2.67. The van der Waals surface area contributed by atoms with Crippen LogP contribution in [0.4, 0.5) is 8.78 Å². The molecule has 1 saturated heterocycles. The van der Waals surface area contributed by atoms with Gasteiger partial charge in [0.15, 0.2) is 0 Å². The van der Waals surface area contributed by atoms with Gasteiger partial charge in [0.05, 0.1) is 17.0 Å². The minimum atomic E-state index is -0.631. The van der Waals surface area contributed by atoms with E-state index in [0.717, 1.165) is 37.1 Å². The van der Waals surface area contributed by atoms with E-state index < -0.39 is 11.6 Å². The average molecular weight is 383 g/mol. The van der Waals surface area contributed by atoms with Gasteiger partial charge >= 0.3 is 0 Å². The monoisotopic (exact) mass is 383 g/mol. The van der Waals surface area contributed by atoms with E-state index >= 15 is 0 Å². The number of hydrogen-bond acceptors (Lipinski definition) is 3. The molecule has 146 valence electrons. The van der Waals surface area contributed by atoms with E-state index in [1.807, 2.05) is 11.0 Å². The summed E-state index contributed by atoms with van der Waals surface area (Å²) in [4.78, 5) is 14.2. The van der Waals surface area contributed by atoms with E-state index in [0.29, 0.717) is 13.0 Å². The third-order valence-corrected chi connectivity index (χ3v) is 7.47. The van der Waals surface area contributed by atoms with Gasteiger partial charge in [-0.25, -0.2) is 8.78 Å². The van der Waals surface area contributed by atoms with Crippen molar-refractivity contribution in [1.82, 2.24) is 15.1 Å². The Morgan fingerprint density at radius 3 is 2.64 bits per heavy atom. The van der Waals surface area contributed by atoms with Crippen LogP contribution in [0.1, 0.15) is 56.7 Å². The van der Waals surface area contributed by atoms with Gasteiger partial charge in [0.2, 0.25) is 5.91 Å². The zero-order valence-corrected chi connectivity index (χ0v) is 16.1. The maximum Gasteiger partial charge on any atom is 0.222 e. The molecule has 3 aliphatic rings. The lowest BCUT2D eigenvalue weighted by atomic mass is 9.68. The zero-order valence-electron chi connectivity index (χ0n) is 16.1. The van der Waals surface area contributed by atoms with Gasteiger partial charge in [0.1, 0.15) is 11.6 Å². The second kappa shape index (κ2) is 5.82. The number of fused-ring (bicyclic) bond motifs is 5. The quantitative estimate of drug-likeness (QED) is 0.798. The highest BCUT2D eigenvalue weighted by Gasteiger charge is 2.64. The predicted octanol–water partition coefficient (Wildman–Crippen LogP) is 4.20. The molecule has 1 unspecified atom stereocenters. The first-order valence-electron chi connectivity index (χ1n) is 9.95. The summed E-state index contributed by atoms with van der Waals surface area (Å²) in [5.41, 5.74) is 1.74. The number of amides is 1. The molecule has 0 spiro atoms. The standard InChI is InChI=1S/C22H23F2N3O/c1-21(2)14-8-9-22(21,12-27-10-4-7-18(27)28)20-13(14)11-17(25-26-20)19-15(23)5-3-6-16(19)24/h3,5-6,11,14H,4,7-10,12H2,1-2H3/t14-,22?/m0/s1. The molecule has 2 aromatic rings. The van der Waals surface area contributed by atoms with Gasteiger partial charge in [-0.3, -0.25) is 4.79 Å². The minimum absolute atomic E-state index is 0.0840. The Morgan fingerprint density at radius 1 is 1.21 bits per heavy atom. The van der Waals surface area contributed by atoms with Gasteiger partial charge in [-0.2, -0.15) is 10.2 Å². The van der Waals surface area contributed by atoms with E-state index in [1.54, 1.807) is 0 Å². The molecule has 1 aromatic heterocycles. The summed E-state index contributed by atoms with van der Waals surface area (Å²) in [6, 6.07) is 5.65. The molecule has 2 atom stereocenters. The van der Waals surface area contributed by atoms with Gasteiger partial charge in [-0.15, -0.1) is 0 Å². The van der Waals surface area contributed by atoms with Crippen molar-refractivity contribution in [3.8, 4) is 11.3 Å². The molecule has 1 aromatic carbocycles. The molecule has 5 rings (SSSR count). The molecule has 6 heteroatoms. The lowest BCUT2D eigenvalue weighted by molar-refractivity contribution is -0.128. The fourth-order valence-corrected chi connectivity index (χ4v) is 5.84. The fourth-order valence-electron chi connectivity index (χ4n) is 5.84. The number of benzene rings is 1. The summed E-state index contributed by atoms with van der Waals surface area (Å²) in [6.45, 7) is 5.92. The number of carbonyl (C=O) groups is 1. The van der Waals surface area contributed by atoms with Crippen molar-refractivity contribution >= 4 is 5.91 Å². The van der Waals surface area contributed by atoms with Crippen molar-refractivity contribution < 1.29 is 13.6 Å². The molecule has 2 fully saturated rings. The van der Waals surface area contributed by atoms with Crippen molar-refractivity contribution in [2.75, 3.05) is 13.1 Å². The van der Waals surface area contributed by atoms with Crippen LogP contribution in [0.15, 0.2) is 24.3 Å². The topological polar surface area (TPSA) is 46.1 Å². The first kappa shape index (κ1) is 17.7. The molecule has 2 bridgehead atoms. The summed E-state index contributed by atoms with van der Waals surface area (Å²) in [5.74, 6) is -0.799. The van der Waals surface area contributed by atoms with Crippen LogP contribution in [0.5, 0.6) is 0 Å². The zero-order chi connectivity index (χ0) is 19.7. The second-order valence-electron chi connectivity index (χ2n) is 8.94. The Kier molecular flexibility index (Phi) is 3.68. The van der Waals surface area contributed by atoms with Crippen molar-refractivity contribution in [3.63, 3.8) is 0 Å². The van der Waals surface area contributed by atoms with Gasteiger partial charge in [-0.1, -0.05) is 19.9 Å². The van der Waals surface area contributed by atoms with Crippen LogP contribution in [-0.4, -0.2) is 34.1 Å². The van der Waals surface area contributed by atoms with E-state index in [-0.39, 0.29) is 33.9 Å². The largest absolute Gasteiger partial charge is 0.342 e. The molecular weight excluding hydrogens is 360 g/mol. The summed E-state index contributed by atoms with van der Waals surface area (Å²) in [5, 5.41) is 8.75. The third-order valence-electron chi connectivity index (χ3n) is 7.47. The molecule has 1 aliphatic heterocycles. The Hall–Kier alpha value is -2.37. The van der Waals surface area contributed by atoms with Gasteiger partial charge in [0, 0.05) is 24.9 Å². The summed E-state index contributed by atoms with van der Waals surface area (Å²) in [6.07, 6.45) is 3.48. The first-order valence-corrected chi connectivity index (χ1v) is 9.95. The third kappa shape index (κ3) is 2.17. The molecule has 4 nitrogen and oxygen atoms in total. The second-order valence-corrected chi connectivity index (χ2v) is 8.94. The molecule has 0 radical (unpaired) electrons. The van der Waals surface area contributed by atoms with E-state index in [2.05, 4.69) is 24.0 Å². The van der Waals surface area contributed by atoms with Crippen molar-refractivity contribution in [2.24, 2.45) is 5.41 Å². The van der Waals surface area contributed by atoms with Crippen LogP contribution in [-0.2, 0) is 10.2 Å². The lowest BCUT2D eigenvalue weighted by Crippen LogP contribution is -2.46. The molecular formula is C22H23F2N3O. The minimum Gasteiger partial charge on any atom is -0.342 e. The van der Waals surface area contributed by atoms with Gasteiger partial charge in [0.25, 0.3) is 0 Å². The molecule has 2 aliphatic carbocycles. The fraction of sp³-hybridized carbons (Fsp3) is 0.500. The van der Waals surface area contributed by atoms with Crippen LogP contribution in [0.2, 0.25) is 0 Å². The molecule has 0 N–H and O–H groups in total. The molecule has 1 amide bonds. The normalized spacial score (nSPS) is 27.5. The van der Waals surface area contributed by atoms with Crippen molar-refractivity contribution in [2.45, 2.75) is 50.9 Å². The number of rotatable bonds is 3. The van der Waals surface area contributed by atoms with E-state index in [4.69, 9.17) is 0 Å². The Labute approximate surface area is 163 Å². The van der Waals surface area contributed by atoms with Crippen molar-refractivity contribution in [1.29, 1.82) is 0 Å². The van der Waals surface area contributed by atoms with Crippen LogP contribution < -0.4 is 0 Å².